The molecule has 2 fully saturated rings. The average Bonchev–Trinajstić information content (AvgIpc) is 2.28. The minimum absolute atomic E-state index is 0.499. The van der Waals surface area contributed by atoms with E-state index in [1.807, 2.05) is 0 Å². The normalized spacial score (nSPS) is 26.0. The van der Waals surface area contributed by atoms with Gasteiger partial charge < -0.3 is 10.6 Å². The van der Waals surface area contributed by atoms with Gasteiger partial charge in [-0.1, -0.05) is 27.2 Å². The Kier molecular flexibility index (Phi) is 4.38. The van der Waals surface area contributed by atoms with Crippen LogP contribution in [0.5, 0.6) is 0 Å². The minimum Gasteiger partial charge on any atom is -0.330 e. The third-order valence-electron chi connectivity index (χ3n) is 5.62. The summed E-state index contributed by atoms with van der Waals surface area (Å²) in [5.74, 6) is 0.918. The zero-order valence-corrected chi connectivity index (χ0v) is 12.7. The molecule has 0 bridgehead atoms. The Morgan fingerprint density at radius 1 is 1.17 bits per heavy atom. The monoisotopic (exact) mass is 252 g/mol. The van der Waals surface area contributed by atoms with E-state index >= 15 is 0 Å². The van der Waals surface area contributed by atoms with Crippen LogP contribution in [-0.4, -0.2) is 31.1 Å². The lowest BCUT2D eigenvalue weighted by atomic mass is 9.66. The minimum atomic E-state index is 0.499. The van der Waals surface area contributed by atoms with Crippen LogP contribution in [0.1, 0.15) is 59.3 Å². The van der Waals surface area contributed by atoms with Gasteiger partial charge >= 0.3 is 0 Å². The highest BCUT2D eigenvalue weighted by Crippen LogP contribution is 2.43. The van der Waals surface area contributed by atoms with Gasteiger partial charge in [0, 0.05) is 0 Å². The molecule has 2 nitrogen and oxygen atoms in total. The molecule has 1 saturated heterocycles. The summed E-state index contributed by atoms with van der Waals surface area (Å²) in [5.41, 5.74) is 6.97. The predicted molar refractivity (Wildman–Crippen MR) is 78.6 cm³/mol. The molecule has 1 aliphatic heterocycles. The third kappa shape index (κ3) is 3.27. The molecule has 18 heavy (non-hydrogen) atoms. The Hall–Kier alpha value is -0.0800. The first-order valence-electron chi connectivity index (χ1n) is 7.88. The maximum atomic E-state index is 5.95. The molecule has 0 atom stereocenters. The van der Waals surface area contributed by atoms with Crippen LogP contribution in [0.4, 0.5) is 0 Å². The van der Waals surface area contributed by atoms with Crippen molar-refractivity contribution >= 4 is 0 Å². The number of rotatable bonds is 4. The quantitative estimate of drug-likeness (QED) is 0.832. The number of likely N-dealkylation sites (tertiary alicyclic amines) is 1. The number of nitrogens with zero attached hydrogens (tertiary/aromatic N) is 1. The molecular formula is C16H32N2. The summed E-state index contributed by atoms with van der Waals surface area (Å²) in [7, 11) is 0. The van der Waals surface area contributed by atoms with Gasteiger partial charge in [-0.25, -0.2) is 0 Å². The van der Waals surface area contributed by atoms with E-state index < -0.39 is 0 Å². The van der Waals surface area contributed by atoms with Crippen molar-refractivity contribution in [2.24, 2.45) is 22.5 Å². The SMILES string of the molecule is CC(C)(C)C1CCN(CCC2(CN)CCC2)CC1. The molecular weight excluding hydrogens is 220 g/mol. The molecule has 2 N–H and O–H groups in total. The Morgan fingerprint density at radius 2 is 1.78 bits per heavy atom. The summed E-state index contributed by atoms with van der Waals surface area (Å²) < 4.78 is 0. The zero-order valence-electron chi connectivity index (χ0n) is 12.7. The molecule has 2 aliphatic rings. The van der Waals surface area contributed by atoms with Gasteiger partial charge in [0.15, 0.2) is 0 Å². The summed E-state index contributed by atoms with van der Waals surface area (Å²) in [6, 6.07) is 0. The van der Waals surface area contributed by atoms with E-state index in [9.17, 15) is 0 Å². The van der Waals surface area contributed by atoms with Crippen molar-refractivity contribution in [2.75, 3.05) is 26.2 Å². The van der Waals surface area contributed by atoms with Crippen LogP contribution in [0.15, 0.2) is 0 Å². The summed E-state index contributed by atoms with van der Waals surface area (Å²) in [5, 5.41) is 0. The highest BCUT2D eigenvalue weighted by Gasteiger charge is 2.36. The second kappa shape index (κ2) is 5.50. The van der Waals surface area contributed by atoms with Crippen molar-refractivity contribution in [1.29, 1.82) is 0 Å². The van der Waals surface area contributed by atoms with E-state index in [0.717, 1.165) is 12.5 Å². The fourth-order valence-electron chi connectivity index (χ4n) is 3.65. The van der Waals surface area contributed by atoms with E-state index in [1.165, 1.54) is 58.2 Å². The van der Waals surface area contributed by atoms with Crippen LogP contribution in [0.2, 0.25) is 0 Å². The summed E-state index contributed by atoms with van der Waals surface area (Å²) >= 11 is 0. The Balaban J connectivity index is 1.71. The lowest BCUT2D eigenvalue weighted by molar-refractivity contribution is 0.0738. The molecule has 0 radical (unpaired) electrons. The molecule has 1 saturated carbocycles. The highest BCUT2D eigenvalue weighted by atomic mass is 15.1. The predicted octanol–water partition coefficient (Wildman–Crippen LogP) is 3.26. The zero-order chi connectivity index (χ0) is 13.2. The van der Waals surface area contributed by atoms with Gasteiger partial charge in [-0.2, -0.15) is 0 Å². The summed E-state index contributed by atoms with van der Waals surface area (Å²) in [6.07, 6.45) is 8.27. The lowest BCUT2D eigenvalue weighted by Gasteiger charge is -2.44. The molecule has 1 heterocycles. The first-order chi connectivity index (χ1) is 8.45. The molecule has 0 aromatic heterocycles. The molecule has 0 aromatic rings. The molecule has 106 valence electrons. The molecule has 0 amide bonds. The molecule has 2 rings (SSSR count). The fraction of sp³-hybridized carbons (Fsp3) is 1.00. The largest absolute Gasteiger partial charge is 0.330 e. The maximum absolute atomic E-state index is 5.95. The average molecular weight is 252 g/mol. The van der Waals surface area contributed by atoms with E-state index in [0.29, 0.717) is 10.8 Å². The van der Waals surface area contributed by atoms with Gasteiger partial charge in [0.2, 0.25) is 0 Å². The molecule has 1 aliphatic carbocycles. The number of nitrogens with two attached hydrogens (primary N) is 1. The smallest absolute Gasteiger partial charge is 0.00130 e. The number of piperidine rings is 1. The van der Waals surface area contributed by atoms with Gasteiger partial charge in [-0.15, -0.1) is 0 Å². The standard InChI is InChI=1S/C16H32N2/c1-15(2,3)14-5-10-18(11-6-14)12-9-16(13-17)7-4-8-16/h14H,4-13,17H2,1-3H3. The molecule has 0 unspecified atom stereocenters. The Bertz CT molecular complexity index is 249. The first-order valence-corrected chi connectivity index (χ1v) is 7.88. The Labute approximate surface area is 113 Å². The van der Waals surface area contributed by atoms with Crippen molar-refractivity contribution in [3.05, 3.63) is 0 Å². The number of hydrogen-bond donors (Lipinski definition) is 1. The summed E-state index contributed by atoms with van der Waals surface area (Å²) in [6.45, 7) is 12.0. The molecule has 0 aromatic carbocycles. The molecule has 2 heteroatoms. The molecule has 0 spiro atoms. The second-order valence-electron chi connectivity index (χ2n) is 7.79. The highest BCUT2D eigenvalue weighted by molar-refractivity contribution is 4.90. The van der Waals surface area contributed by atoms with Crippen molar-refractivity contribution in [3.63, 3.8) is 0 Å². The first kappa shape index (κ1) is 14.3. The number of hydrogen-bond acceptors (Lipinski definition) is 2. The van der Waals surface area contributed by atoms with Gasteiger partial charge in [-0.3, -0.25) is 0 Å². The van der Waals surface area contributed by atoms with Crippen LogP contribution in [0.25, 0.3) is 0 Å². The van der Waals surface area contributed by atoms with Crippen molar-refractivity contribution in [1.82, 2.24) is 4.90 Å². The third-order valence-corrected chi connectivity index (χ3v) is 5.62. The van der Waals surface area contributed by atoms with Gasteiger partial charge in [-0.05, 0) is 75.0 Å². The maximum Gasteiger partial charge on any atom is -0.00130 e. The van der Waals surface area contributed by atoms with Crippen LogP contribution in [0, 0.1) is 16.7 Å². The van der Waals surface area contributed by atoms with Crippen molar-refractivity contribution in [3.8, 4) is 0 Å². The Morgan fingerprint density at radius 3 is 2.17 bits per heavy atom. The van der Waals surface area contributed by atoms with Crippen LogP contribution in [-0.2, 0) is 0 Å². The van der Waals surface area contributed by atoms with Gasteiger partial charge in [0.1, 0.15) is 0 Å². The van der Waals surface area contributed by atoms with Crippen LogP contribution in [0.3, 0.4) is 0 Å². The van der Waals surface area contributed by atoms with Crippen LogP contribution < -0.4 is 5.73 Å². The van der Waals surface area contributed by atoms with E-state index in [1.54, 1.807) is 0 Å². The van der Waals surface area contributed by atoms with Gasteiger partial charge in [0.05, 0.1) is 0 Å². The van der Waals surface area contributed by atoms with Crippen molar-refractivity contribution in [2.45, 2.75) is 59.3 Å². The lowest BCUT2D eigenvalue weighted by Crippen LogP contribution is -2.43. The fourth-order valence-corrected chi connectivity index (χ4v) is 3.65. The second-order valence-corrected chi connectivity index (χ2v) is 7.79. The van der Waals surface area contributed by atoms with E-state index in [4.69, 9.17) is 5.73 Å². The summed E-state index contributed by atoms with van der Waals surface area (Å²) in [4.78, 5) is 2.68. The van der Waals surface area contributed by atoms with E-state index in [2.05, 4.69) is 25.7 Å². The topological polar surface area (TPSA) is 29.3 Å². The van der Waals surface area contributed by atoms with Crippen molar-refractivity contribution < 1.29 is 0 Å². The van der Waals surface area contributed by atoms with Gasteiger partial charge in [0.25, 0.3) is 0 Å². The van der Waals surface area contributed by atoms with Crippen LogP contribution >= 0.6 is 0 Å². The van der Waals surface area contributed by atoms with E-state index in [-0.39, 0.29) is 0 Å².